The number of carbonyl (C=O) groups is 2. The van der Waals surface area contributed by atoms with Crippen LogP contribution in [0.3, 0.4) is 0 Å². The van der Waals surface area contributed by atoms with Crippen molar-refractivity contribution in [3.63, 3.8) is 0 Å². The summed E-state index contributed by atoms with van der Waals surface area (Å²) >= 11 is 0. The quantitative estimate of drug-likeness (QED) is 0.648. The first kappa shape index (κ1) is 21.4. The lowest BCUT2D eigenvalue weighted by atomic mass is 9.92. The van der Waals surface area contributed by atoms with Gasteiger partial charge in [-0.3, -0.25) is 9.79 Å². The number of hydrogen-bond donors (Lipinski definition) is 2. The van der Waals surface area contributed by atoms with Crippen LogP contribution in [0.5, 0.6) is 0 Å². The van der Waals surface area contributed by atoms with Gasteiger partial charge in [0.2, 0.25) is 5.91 Å². The predicted molar refractivity (Wildman–Crippen MR) is 108 cm³/mol. The van der Waals surface area contributed by atoms with Crippen molar-refractivity contribution in [2.45, 2.75) is 24.8 Å². The zero-order valence-electron chi connectivity index (χ0n) is 16.6. The van der Waals surface area contributed by atoms with E-state index < -0.39 is 23.1 Å². The molecule has 0 spiro atoms. The lowest BCUT2D eigenvalue weighted by Crippen LogP contribution is -2.44. The van der Waals surface area contributed by atoms with Crippen molar-refractivity contribution >= 4 is 17.7 Å². The van der Waals surface area contributed by atoms with Crippen LogP contribution >= 0.6 is 0 Å². The largest absolute Gasteiger partial charge is 0.467 e. The minimum atomic E-state index is -1.05. The van der Waals surface area contributed by atoms with Crippen LogP contribution < -0.4 is 10.6 Å². The van der Waals surface area contributed by atoms with E-state index in [0.717, 1.165) is 23.8 Å². The maximum atomic E-state index is 13.2. The van der Waals surface area contributed by atoms with Gasteiger partial charge in [0.15, 0.2) is 5.54 Å². The molecule has 2 aromatic rings. The van der Waals surface area contributed by atoms with Crippen molar-refractivity contribution in [2.24, 2.45) is 4.99 Å². The third-order valence-electron chi connectivity index (χ3n) is 4.81. The Bertz CT molecular complexity index is 930. The molecule has 8 heteroatoms. The zero-order chi connectivity index (χ0) is 21.6. The Hall–Kier alpha value is -3.29. The van der Waals surface area contributed by atoms with Gasteiger partial charge in [0.1, 0.15) is 11.6 Å². The molecule has 1 aliphatic heterocycles. The fraction of sp³-hybridized carbons (Fsp3) is 0.318. The van der Waals surface area contributed by atoms with Crippen LogP contribution in [-0.2, 0) is 27.2 Å². The van der Waals surface area contributed by atoms with E-state index in [1.807, 2.05) is 30.3 Å². The topological polar surface area (TPSA) is 79.8 Å². The van der Waals surface area contributed by atoms with E-state index in [-0.39, 0.29) is 24.4 Å². The van der Waals surface area contributed by atoms with E-state index in [2.05, 4.69) is 15.6 Å². The van der Waals surface area contributed by atoms with Crippen molar-refractivity contribution in [3.05, 3.63) is 71.3 Å². The van der Waals surface area contributed by atoms with Crippen LogP contribution in [0.15, 0.2) is 53.5 Å². The van der Waals surface area contributed by atoms with Crippen LogP contribution in [0.25, 0.3) is 0 Å². The number of aliphatic imine (C=N–C) groups is 1. The van der Waals surface area contributed by atoms with Crippen LogP contribution in [0.2, 0.25) is 0 Å². The van der Waals surface area contributed by atoms with E-state index >= 15 is 0 Å². The minimum Gasteiger partial charge on any atom is -0.467 e. The SMILES string of the molecule is COC(=O)C1(Cc2ccccc2)CNC(CCNC(=O)Cc2cc(F)cc(F)c2)=N1. The van der Waals surface area contributed by atoms with E-state index in [1.54, 1.807) is 0 Å². The summed E-state index contributed by atoms with van der Waals surface area (Å²) in [6, 6.07) is 12.5. The van der Waals surface area contributed by atoms with Gasteiger partial charge in [0, 0.05) is 25.5 Å². The molecule has 0 saturated carbocycles. The molecule has 0 saturated heterocycles. The standard InChI is InChI=1S/C22H23F2N3O3/c1-30-21(29)22(13-15-5-3-2-4-6-15)14-26-19(27-22)7-8-25-20(28)11-16-9-17(23)12-18(24)10-16/h2-6,9-10,12H,7-8,11,13-14H2,1H3,(H,25,28)(H,26,27). The summed E-state index contributed by atoms with van der Waals surface area (Å²) in [6.45, 7) is 0.575. The lowest BCUT2D eigenvalue weighted by Gasteiger charge is -2.22. The average Bonchev–Trinajstić information content (AvgIpc) is 3.11. The number of halogens is 2. The Labute approximate surface area is 173 Å². The number of amidine groups is 1. The summed E-state index contributed by atoms with van der Waals surface area (Å²) in [4.78, 5) is 29.0. The lowest BCUT2D eigenvalue weighted by molar-refractivity contribution is -0.146. The molecular weight excluding hydrogens is 392 g/mol. The third-order valence-corrected chi connectivity index (χ3v) is 4.81. The second-order valence-electron chi connectivity index (χ2n) is 7.15. The van der Waals surface area contributed by atoms with Crippen molar-refractivity contribution in [3.8, 4) is 0 Å². The molecule has 0 fully saturated rings. The maximum Gasteiger partial charge on any atom is 0.336 e. The second-order valence-corrected chi connectivity index (χ2v) is 7.15. The molecule has 0 radical (unpaired) electrons. The highest BCUT2D eigenvalue weighted by Crippen LogP contribution is 2.23. The van der Waals surface area contributed by atoms with Gasteiger partial charge in [-0.05, 0) is 23.3 Å². The molecule has 2 N–H and O–H groups in total. The maximum absolute atomic E-state index is 13.2. The number of benzene rings is 2. The number of nitrogens with one attached hydrogen (secondary N) is 2. The van der Waals surface area contributed by atoms with Crippen molar-refractivity contribution in [1.82, 2.24) is 10.6 Å². The number of nitrogens with zero attached hydrogens (tertiary/aromatic N) is 1. The monoisotopic (exact) mass is 415 g/mol. The molecule has 3 rings (SSSR count). The minimum absolute atomic E-state index is 0.130. The van der Waals surface area contributed by atoms with E-state index in [4.69, 9.17) is 4.74 Å². The van der Waals surface area contributed by atoms with Gasteiger partial charge in [-0.25, -0.2) is 13.6 Å². The Morgan fingerprint density at radius 1 is 1.13 bits per heavy atom. The number of esters is 1. The fourth-order valence-electron chi connectivity index (χ4n) is 3.43. The molecule has 6 nitrogen and oxygen atoms in total. The number of ether oxygens (including phenoxy) is 1. The Morgan fingerprint density at radius 3 is 2.50 bits per heavy atom. The first-order valence-electron chi connectivity index (χ1n) is 9.57. The molecule has 2 aromatic carbocycles. The van der Waals surface area contributed by atoms with Gasteiger partial charge in [0.25, 0.3) is 0 Å². The molecule has 0 aliphatic carbocycles. The van der Waals surface area contributed by atoms with Crippen LogP contribution in [-0.4, -0.2) is 43.5 Å². The van der Waals surface area contributed by atoms with Gasteiger partial charge >= 0.3 is 5.97 Å². The summed E-state index contributed by atoms with van der Waals surface area (Å²) in [5.41, 5.74) is 0.174. The molecule has 1 aliphatic rings. The van der Waals surface area contributed by atoms with Gasteiger partial charge < -0.3 is 15.4 Å². The van der Waals surface area contributed by atoms with E-state index in [9.17, 15) is 18.4 Å². The Morgan fingerprint density at radius 2 is 1.83 bits per heavy atom. The number of carbonyl (C=O) groups excluding carboxylic acids is 2. The summed E-state index contributed by atoms with van der Waals surface area (Å²) in [7, 11) is 1.33. The Balaban J connectivity index is 1.57. The normalized spacial score (nSPS) is 17.8. The van der Waals surface area contributed by atoms with Crippen molar-refractivity contribution < 1.29 is 23.1 Å². The highest BCUT2D eigenvalue weighted by atomic mass is 19.1. The fourth-order valence-corrected chi connectivity index (χ4v) is 3.43. The predicted octanol–water partition coefficient (Wildman–Crippen LogP) is 2.17. The molecule has 158 valence electrons. The number of hydrogen-bond acceptors (Lipinski definition) is 5. The average molecular weight is 415 g/mol. The van der Waals surface area contributed by atoms with Gasteiger partial charge in [0.05, 0.1) is 25.9 Å². The molecule has 1 atom stereocenters. The third kappa shape index (κ3) is 5.40. The van der Waals surface area contributed by atoms with E-state index in [0.29, 0.717) is 25.2 Å². The highest BCUT2D eigenvalue weighted by molar-refractivity contribution is 5.93. The summed E-state index contributed by atoms with van der Waals surface area (Å²) in [6.07, 6.45) is 0.653. The number of rotatable bonds is 8. The first-order chi connectivity index (χ1) is 14.4. The molecule has 30 heavy (non-hydrogen) atoms. The van der Waals surface area contributed by atoms with Crippen LogP contribution in [0.1, 0.15) is 17.5 Å². The summed E-state index contributed by atoms with van der Waals surface area (Å²) < 4.78 is 31.4. The van der Waals surface area contributed by atoms with Crippen LogP contribution in [0.4, 0.5) is 8.78 Å². The smallest absolute Gasteiger partial charge is 0.336 e. The van der Waals surface area contributed by atoms with Gasteiger partial charge in [-0.1, -0.05) is 30.3 Å². The molecule has 1 amide bonds. The molecule has 0 aromatic heterocycles. The highest BCUT2D eigenvalue weighted by Gasteiger charge is 2.43. The number of amides is 1. The van der Waals surface area contributed by atoms with Crippen LogP contribution in [0, 0.1) is 11.6 Å². The first-order valence-corrected chi connectivity index (χ1v) is 9.57. The molecule has 1 heterocycles. The van der Waals surface area contributed by atoms with Crippen molar-refractivity contribution in [2.75, 3.05) is 20.2 Å². The van der Waals surface area contributed by atoms with Gasteiger partial charge in [-0.2, -0.15) is 0 Å². The second kappa shape index (κ2) is 9.47. The molecule has 0 bridgehead atoms. The number of methoxy groups -OCH3 is 1. The van der Waals surface area contributed by atoms with Crippen molar-refractivity contribution in [1.29, 1.82) is 0 Å². The Kier molecular flexibility index (Phi) is 6.76. The van der Waals surface area contributed by atoms with E-state index in [1.165, 1.54) is 7.11 Å². The molecular formula is C22H23F2N3O3. The molecule has 1 unspecified atom stereocenters. The summed E-state index contributed by atoms with van der Waals surface area (Å²) in [5, 5.41) is 5.82. The van der Waals surface area contributed by atoms with Gasteiger partial charge in [-0.15, -0.1) is 0 Å². The summed E-state index contributed by atoms with van der Waals surface area (Å²) in [5.74, 6) is -1.64. The zero-order valence-corrected chi connectivity index (χ0v) is 16.6.